The van der Waals surface area contributed by atoms with Crippen molar-refractivity contribution in [3.05, 3.63) is 22.9 Å². The van der Waals surface area contributed by atoms with Gasteiger partial charge in [-0.25, -0.2) is 9.78 Å². The van der Waals surface area contributed by atoms with Crippen molar-refractivity contribution in [3.63, 3.8) is 0 Å². The summed E-state index contributed by atoms with van der Waals surface area (Å²) in [5, 5.41) is 0. The Kier molecular flexibility index (Phi) is 5.22. The van der Waals surface area contributed by atoms with Crippen LogP contribution in [0.25, 0.3) is 0 Å². The van der Waals surface area contributed by atoms with Crippen LogP contribution >= 0.6 is 0 Å². The quantitative estimate of drug-likeness (QED) is 0.678. The van der Waals surface area contributed by atoms with Crippen LogP contribution in [0.3, 0.4) is 0 Å². The highest BCUT2D eigenvalue weighted by Gasteiger charge is 2.44. The topological polar surface area (TPSA) is 74.4 Å². The molecule has 0 atom stereocenters. The van der Waals surface area contributed by atoms with E-state index in [2.05, 4.69) is 14.5 Å². The second kappa shape index (κ2) is 6.38. The number of alkyl halides is 6. The summed E-state index contributed by atoms with van der Waals surface area (Å²) in [5.41, 5.74) is 1.64. The maximum Gasteiger partial charge on any atom is 0.574 e. The molecule has 0 unspecified atom stereocenters. The third-order valence-corrected chi connectivity index (χ3v) is 2.24. The molecule has 5 nitrogen and oxygen atoms in total. The molecule has 0 aromatic carbocycles. The molecule has 0 bridgehead atoms. The number of pyridine rings is 1. The highest BCUT2D eigenvalue weighted by Crippen LogP contribution is 2.40. The van der Waals surface area contributed by atoms with Crippen molar-refractivity contribution in [2.45, 2.75) is 26.0 Å². The largest absolute Gasteiger partial charge is 0.574 e. The Morgan fingerprint density at radius 3 is 2.27 bits per heavy atom. The van der Waals surface area contributed by atoms with Crippen molar-refractivity contribution in [1.29, 1.82) is 0 Å². The molecule has 1 aromatic rings. The van der Waals surface area contributed by atoms with Gasteiger partial charge in [-0.1, -0.05) is 0 Å². The van der Waals surface area contributed by atoms with Gasteiger partial charge < -0.3 is 15.2 Å². The van der Waals surface area contributed by atoms with Gasteiger partial charge in [-0.2, -0.15) is 13.2 Å². The number of hydrogen-bond donors (Lipinski definition) is 1. The molecule has 1 aromatic heterocycles. The first-order chi connectivity index (χ1) is 9.99. The highest BCUT2D eigenvalue weighted by atomic mass is 19.4. The Morgan fingerprint density at radius 1 is 1.27 bits per heavy atom. The van der Waals surface area contributed by atoms with E-state index in [0.717, 1.165) is 0 Å². The Hall–Kier alpha value is -2.04. The summed E-state index contributed by atoms with van der Waals surface area (Å²) in [6, 6.07) is 0.615. The second-order valence-corrected chi connectivity index (χ2v) is 3.81. The first kappa shape index (κ1) is 18.0. The lowest BCUT2D eigenvalue weighted by atomic mass is 10.1. The van der Waals surface area contributed by atoms with Crippen LogP contribution in [0.1, 0.15) is 28.5 Å². The zero-order chi connectivity index (χ0) is 17.1. The number of ether oxygens (including phenoxy) is 2. The fourth-order valence-corrected chi connectivity index (χ4v) is 1.50. The average Bonchev–Trinajstić information content (AvgIpc) is 2.34. The maximum atomic E-state index is 13.0. The predicted octanol–water partition coefficient (Wildman–Crippen LogP) is 2.63. The number of esters is 1. The monoisotopic (exact) mass is 332 g/mol. The molecule has 1 rings (SSSR count). The van der Waals surface area contributed by atoms with Crippen molar-refractivity contribution in [2.24, 2.45) is 5.73 Å². The summed E-state index contributed by atoms with van der Waals surface area (Å²) in [7, 11) is 0. The number of hydrogen-bond acceptors (Lipinski definition) is 5. The van der Waals surface area contributed by atoms with E-state index in [1.165, 1.54) is 6.92 Å². The van der Waals surface area contributed by atoms with Crippen LogP contribution < -0.4 is 10.5 Å². The molecule has 0 saturated carbocycles. The number of rotatable bonds is 4. The fourth-order valence-electron chi connectivity index (χ4n) is 1.50. The summed E-state index contributed by atoms with van der Waals surface area (Å²) < 4.78 is 83.4. The number of nitrogens with two attached hydrogens (primary N) is 1. The number of carbonyl (C=O) groups is 1. The van der Waals surface area contributed by atoms with Gasteiger partial charge in [-0.15, -0.1) is 13.2 Å². The Bertz CT molecular complexity index is 556. The molecule has 0 spiro atoms. The van der Waals surface area contributed by atoms with Crippen LogP contribution in [-0.2, 0) is 17.5 Å². The minimum Gasteiger partial charge on any atom is -0.462 e. The molecule has 22 heavy (non-hydrogen) atoms. The highest BCUT2D eigenvalue weighted by molar-refractivity contribution is 5.92. The third kappa shape index (κ3) is 4.48. The summed E-state index contributed by atoms with van der Waals surface area (Å²) in [4.78, 5) is 14.6. The van der Waals surface area contributed by atoms with E-state index in [1.54, 1.807) is 0 Å². The van der Waals surface area contributed by atoms with E-state index in [9.17, 15) is 31.1 Å². The van der Waals surface area contributed by atoms with Crippen LogP contribution in [0.4, 0.5) is 26.3 Å². The minimum absolute atomic E-state index is 0.272. The number of aromatic nitrogens is 1. The van der Waals surface area contributed by atoms with E-state index in [-0.39, 0.29) is 6.61 Å². The lowest BCUT2D eigenvalue weighted by Crippen LogP contribution is -2.24. The van der Waals surface area contributed by atoms with Gasteiger partial charge in [0.2, 0.25) is 5.88 Å². The van der Waals surface area contributed by atoms with Crippen LogP contribution in [0.5, 0.6) is 5.88 Å². The van der Waals surface area contributed by atoms with Gasteiger partial charge in [0.15, 0.2) is 0 Å². The molecule has 0 aliphatic carbocycles. The lowest BCUT2D eigenvalue weighted by molar-refractivity contribution is -0.278. The number of carbonyl (C=O) groups excluding carboxylic acids is 1. The average molecular weight is 332 g/mol. The Balaban J connectivity index is 3.59. The molecule has 0 radical (unpaired) electrons. The molecule has 11 heteroatoms. The summed E-state index contributed by atoms with van der Waals surface area (Å²) in [6.07, 6.45) is -10.7. The minimum atomic E-state index is -5.42. The molecule has 0 amide bonds. The number of halogens is 6. The molecule has 124 valence electrons. The first-order valence-corrected chi connectivity index (χ1v) is 5.73. The van der Waals surface area contributed by atoms with E-state index in [0.29, 0.717) is 6.07 Å². The Labute approximate surface area is 120 Å². The molecular weight excluding hydrogens is 322 g/mol. The Morgan fingerprint density at radius 2 is 1.86 bits per heavy atom. The van der Waals surface area contributed by atoms with E-state index < -0.39 is 47.8 Å². The SMILES string of the molecule is CCOC(=O)c1cc(CN)nc(OC(F)(F)F)c1C(F)(F)F. The van der Waals surface area contributed by atoms with Crippen molar-refractivity contribution < 1.29 is 40.6 Å². The van der Waals surface area contributed by atoms with E-state index >= 15 is 0 Å². The van der Waals surface area contributed by atoms with Crippen molar-refractivity contribution in [3.8, 4) is 5.88 Å². The van der Waals surface area contributed by atoms with Gasteiger partial charge in [0.1, 0.15) is 5.56 Å². The van der Waals surface area contributed by atoms with Crippen LogP contribution in [0.2, 0.25) is 0 Å². The molecule has 0 fully saturated rings. The smallest absolute Gasteiger partial charge is 0.462 e. The van der Waals surface area contributed by atoms with Crippen molar-refractivity contribution in [2.75, 3.05) is 6.61 Å². The van der Waals surface area contributed by atoms with Gasteiger partial charge in [0.05, 0.1) is 17.9 Å². The fraction of sp³-hybridized carbons (Fsp3) is 0.455. The standard InChI is InChI=1S/C11H10F6N2O3/c1-2-21-9(20)6-3-5(4-18)19-8(22-11(15,16)17)7(6)10(12,13)14/h3H,2,4,18H2,1H3. The van der Waals surface area contributed by atoms with E-state index in [1.807, 2.05) is 0 Å². The van der Waals surface area contributed by atoms with Gasteiger partial charge in [-0.3, -0.25) is 0 Å². The van der Waals surface area contributed by atoms with Crippen LogP contribution in [0, 0.1) is 0 Å². The lowest BCUT2D eigenvalue weighted by Gasteiger charge is -2.18. The van der Waals surface area contributed by atoms with Crippen LogP contribution in [-0.4, -0.2) is 23.9 Å². The molecule has 0 aliphatic heterocycles. The summed E-state index contributed by atoms with van der Waals surface area (Å²) >= 11 is 0. The van der Waals surface area contributed by atoms with Gasteiger partial charge in [-0.05, 0) is 13.0 Å². The van der Waals surface area contributed by atoms with Crippen LogP contribution in [0.15, 0.2) is 6.07 Å². The predicted molar refractivity (Wildman–Crippen MR) is 59.8 cm³/mol. The maximum absolute atomic E-state index is 13.0. The van der Waals surface area contributed by atoms with Crippen molar-refractivity contribution in [1.82, 2.24) is 4.98 Å². The van der Waals surface area contributed by atoms with Crippen molar-refractivity contribution >= 4 is 5.97 Å². The van der Waals surface area contributed by atoms with Gasteiger partial charge >= 0.3 is 18.5 Å². The molecule has 0 aliphatic rings. The normalized spacial score (nSPS) is 12.2. The van der Waals surface area contributed by atoms with Gasteiger partial charge in [0, 0.05) is 6.54 Å². The molecule has 0 saturated heterocycles. The van der Waals surface area contributed by atoms with Gasteiger partial charge in [0.25, 0.3) is 0 Å². The first-order valence-electron chi connectivity index (χ1n) is 5.73. The zero-order valence-corrected chi connectivity index (χ0v) is 11.0. The zero-order valence-electron chi connectivity index (χ0n) is 11.0. The summed E-state index contributed by atoms with van der Waals surface area (Å²) in [6.45, 7) is 0.550. The van der Waals surface area contributed by atoms with E-state index in [4.69, 9.17) is 5.73 Å². The molecule has 2 N–H and O–H groups in total. The third-order valence-electron chi connectivity index (χ3n) is 2.24. The molecule has 1 heterocycles. The summed E-state index contributed by atoms with van der Waals surface area (Å²) in [5.74, 6) is -3.26. The second-order valence-electron chi connectivity index (χ2n) is 3.81. The molecular formula is C11H10F6N2O3. The number of nitrogens with zero attached hydrogens (tertiary/aromatic N) is 1.